The maximum atomic E-state index is 5.45. The molecule has 0 aromatic heterocycles. The zero-order valence-electron chi connectivity index (χ0n) is 12.8. The quantitative estimate of drug-likeness (QED) is 0.490. The Labute approximate surface area is 133 Å². The molecule has 0 heterocycles. The summed E-state index contributed by atoms with van der Waals surface area (Å²) in [7, 11) is 0. The second kappa shape index (κ2) is 8.13. The molecule has 4 heteroatoms. The third-order valence-corrected chi connectivity index (χ3v) is 4.20. The van der Waals surface area contributed by atoms with Crippen LogP contribution >= 0.6 is 12.2 Å². The van der Waals surface area contributed by atoms with E-state index >= 15 is 0 Å². The molecular formula is C17H25N3S. The SMILES string of the molecule is CCC/C(=N/NC(N)=S)c1ccc(C2CCCCC2)cc1. The Morgan fingerprint density at radius 1 is 1.24 bits per heavy atom. The molecule has 0 bridgehead atoms. The van der Waals surface area contributed by atoms with Gasteiger partial charge in [-0.3, -0.25) is 5.43 Å². The third-order valence-electron chi connectivity index (χ3n) is 4.11. The molecular weight excluding hydrogens is 278 g/mol. The molecule has 1 fully saturated rings. The van der Waals surface area contributed by atoms with E-state index in [9.17, 15) is 0 Å². The van der Waals surface area contributed by atoms with E-state index < -0.39 is 0 Å². The Morgan fingerprint density at radius 2 is 1.90 bits per heavy atom. The van der Waals surface area contributed by atoms with E-state index in [0.29, 0.717) is 0 Å². The van der Waals surface area contributed by atoms with Crippen molar-refractivity contribution in [2.24, 2.45) is 10.8 Å². The van der Waals surface area contributed by atoms with Crippen LogP contribution in [0.5, 0.6) is 0 Å². The van der Waals surface area contributed by atoms with Gasteiger partial charge in [-0.1, -0.05) is 56.9 Å². The van der Waals surface area contributed by atoms with E-state index in [4.69, 9.17) is 18.0 Å². The fourth-order valence-electron chi connectivity index (χ4n) is 3.01. The topological polar surface area (TPSA) is 50.4 Å². The number of rotatable bonds is 5. The first-order valence-corrected chi connectivity index (χ1v) is 8.34. The smallest absolute Gasteiger partial charge is 0.184 e. The van der Waals surface area contributed by atoms with Crippen LogP contribution in [0.25, 0.3) is 0 Å². The molecule has 1 aromatic rings. The lowest BCUT2D eigenvalue weighted by Crippen LogP contribution is -2.25. The summed E-state index contributed by atoms with van der Waals surface area (Å²) in [5, 5.41) is 4.54. The Kier molecular flexibility index (Phi) is 6.18. The number of nitrogens with one attached hydrogen (secondary N) is 1. The largest absolute Gasteiger partial charge is 0.375 e. The summed E-state index contributed by atoms with van der Waals surface area (Å²) in [6.07, 6.45) is 8.75. The molecule has 0 amide bonds. The molecule has 1 aliphatic carbocycles. The van der Waals surface area contributed by atoms with Gasteiger partial charge in [-0.05, 0) is 48.5 Å². The summed E-state index contributed by atoms with van der Waals surface area (Å²) in [6.45, 7) is 2.15. The van der Waals surface area contributed by atoms with Crippen LogP contribution in [0.2, 0.25) is 0 Å². The van der Waals surface area contributed by atoms with Crippen molar-refractivity contribution in [3.63, 3.8) is 0 Å². The Hall–Kier alpha value is -1.42. The summed E-state index contributed by atoms with van der Waals surface area (Å²) in [4.78, 5) is 0. The third kappa shape index (κ3) is 4.81. The Bertz CT molecular complexity index is 487. The van der Waals surface area contributed by atoms with Crippen molar-refractivity contribution in [1.29, 1.82) is 0 Å². The highest BCUT2D eigenvalue weighted by atomic mass is 32.1. The van der Waals surface area contributed by atoms with Crippen molar-refractivity contribution in [2.75, 3.05) is 0 Å². The van der Waals surface area contributed by atoms with Gasteiger partial charge in [0.1, 0.15) is 0 Å². The molecule has 21 heavy (non-hydrogen) atoms. The van der Waals surface area contributed by atoms with Crippen LogP contribution in [0, 0.1) is 0 Å². The van der Waals surface area contributed by atoms with Gasteiger partial charge in [0.05, 0.1) is 5.71 Å². The number of nitrogens with two attached hydrogens (primary N) is 1. The van der Waals surface area contributed by atoms with Gasteiger partial charge in [0.25, 0.3) is 0 Å². The van der Waals surface area contributed by atoms with Crippen molar-refractivity contribution >= 4 is 23.0 Å². The number of hydrogen-bond donors (Lipinski definition) is 2. The Balaban J connectivity index is 2.11. The average molecular weight is 303 g/mol. The molecule has 0 atom stereocenters. The van der Waals surface area contributed by atoms with Crippen LogP contribution in [0.15, 0.2) is 29.4 Å². The van der Waals surface area contributed by atoms with Gasteiger partial charge < -0.3 is 5.73 Å². The molecule has 0 spiro atoms. The van der Waals surface area contributed by atoms with E-state index in [1.165, 1.54) is 37.7 Å². The molecule has 1 saturated carbocycles. The first-order valence-electron chi connectivity index (χ1n) is 7.93. The van der Waals surface area contributed by atoms with Gasteiger partial charge in [0.2, 0.25) is 0 Å². The molecule has 0 radical (unpaired) electrons. The second-order valence-electron chi connectivity index (χ2n) is 5.74. The van der Waals surface area contributed by atoms with Gasteiger partial charge in [-0.15, -0.1) is 0 Å². The average Bonchev–Trinajstić information content (AvgIpc) is 2.52. The zero-order valence-corrected chi connectivity index (χ0v) is 13.6. The number of hydrogen-bond acceptors (Lipinski definition) is 2. The Morgan fingerprint density at radius 3 is 2.48 bits per heavy atom. The molecule has 0 aliphatic heterocycles. The summed E-state index contributed by atoms with van der Waals surface area (Å²) < 4.78 is 0. The highest BCUT2D eigenvalue weighted by molar-refractivity contribution is 7.80. The number of benzene rings is 1. The summed E-state index contributed by atoms with van der Waals surface area (Å²) in [5.41, 5.74) is 11.8. The van der Waals surface area contributed by atoms with Crippen LogP contribution in [-0.2, 0) is 0 Å². The molecule has 114 valence electrons. The molecule has 3 nitrogen and oxygen atoms in total. The van der Waals surface area contributed by atoms with Crippen molar-refractivity contribution in [3.05, 3.63) is 35.4 Å². The van der Waals surface area contributed by atoms with E-state index in [2.05, 4.69) is 41.7 Å². The van der Waals surface area contributed by atoms with Crippen LogP contribution in [-0.4, -0.2) is 10.8 Å². The predicted octanol–water partition coefficient (Wildman–Crippen LogP) is 4.07. The highest BCUT2D eigenvalue weighted by Crippen LogP contribution is 2.32. The molecule has 2 rings (SSSR count). The van der Waals surface area contributed by atoms with Crippen molar-refractivity contribution in [2.45, 2.75) is 57.8 Å². The van der Waals surface area contributed by atoms with Gasteiger partial charge in [-0.25, -0.2) is 0 Å². The number of hydrazone groups is 1. The zero-order chi connectivity index (χ0) is 15.1. The number of nitrogens with zero attached hydrogens (tertiary/aromatic N) is 1. The molecule has 0 unspecified atom stereocenters. The maximum absolute atomic E-state index is 5.45. The minimum Gasteiger partial charge on any atom is -0.375 e. The van der Waals surface area contributed by atoms with Crippen molar-refractivity contribution in [1.82, 2.24) is 5.43 Å². The fraction of sp³-hybridized carbons (Fsp3) is 0.529. The first kappa shape index (κ1) is 16.0. The normalized spacial score (nSPS) is 16.7. The van der Waals surface area contributed by atoms with Crippen LogP contribution in [0.4, 0.5) is 0 Å². The minimum absolute atomic E-state index is 0.211. The standard InChI is InChI=1S/C17H25N3S/c1-2-6-16(19-20-17(18)21)15-11-9-14(10-12-15)13-7-4-3-5-8-13/h9-13H,2-8H2,1H3,(H3,18,20,21)/b19-16-. The van der Waals surface area contributed by atoms with E-state index in [0.717, 1.165) is 30.0 Å². The lowest BCUT2D eigenvalue weighted by molar-refractivity contribution is 0.443. The van der Waals surface area contributed by atoms with E-state index in [1.54, 1.807) is 0 Å². The lowest BCUT2D eigenvalue weighted by atomic mass is 9.84. The fourth-order valence-corrected chi connectivity index (χ4v) is 3.05. The first-order chi connectivity index (χ1) is 10.2. The summed E-state index contributed by atoms with van der Waals surface area (Å²) in [6, 6.07) is 8.88. The van der Waals surface area contributed by atoms with Crippen LogP contribution in [0.3, 0.4) is 0 Å². The maximum Gasteiger partial charge on any atom is 0.184 e. The van der Waals surface area contributed by atoms with Crippen molar-refractivity contribution < 1.29 is 0 Å². The van der Waals surface area contributed by atoms with E-state index in [-0.39, 0.29) is 5.11 Å². The molecule has 0 saturated heterocycles. The summed E-state index contributed by atoms with van der Waals surface area (Å²) in [5.74, 6) is 0.745. The summed E-state index contributed by atoms with van der Waals surface area (Å²) >= 11 is 4.81. The van der Waals surface area contributed by atoms with Crippen molar-refractivity contribution in [3.8, 4) is 0 Å². The lowest BCUT2D eigenvalue weighted by Gasteiger charge is -2.22. The van der Waals surface area contributed by atoms with Gasteiger partial charge >= 0.3 is 0 Å². The van der Waals surface area contributed by atoms with Gasteiger partial charge in [-0.2, -0.15) is 5.10 Å². The minimum atomic E-state index is 0.211. The van der Waals surface area contributed by atoms with Crippen LogP contribution < -0.4 is 11.2 Å². The van der Waals surface area contributed by atoms with Gasteiger partial charge in [0.15, 0.2) is 5.11 Å². The monoisotopic (exact) mass is 303 g/mol. The molecule has 1 aromatic carbocycles. The molecule has 3 N–H and O–H groups in total. The molecule has 1 aliphatic rings. The van der Waals surface area contributed by atoms with Crippen LogP contribution in [0.1, 0.15) is 68.9 Å². The highest BCUT2D eigenvalue weighted by Gasteiger charge is 2.15. The second-order valence-corrected chi connectivity index (χ2v) is 6.18. The predicted molar refractivity (Wildman–Crippen MR) is 93.6 cm³/mol. The van der Waals surface area contributed by atoms with E-state index in [1.807, 2.05) is 0 Å². The van der Waals surface area contributed by atoms with Gasteiger partial charge in [0, 0.05) is 0 Å². The number of thiocarbonyl (C=S) groups is 1.